The Morgan fingerprint density at radius 3 is 2.76 bits per heavy atom. The molecule has 17 heavy (non-hydrogen) atoms. The van der Waals surface area contributed by atoms with Gasteiger partial charge in [-0.15, -0.1) is 0 Å². The van der Waals surface area contributed by atoms with Crippen molar-refractivity contribution in [2.24, 2.45) is 0 Å². The summed E-state index contributed by atoms with van der Waals surface area (Å²) >= 11 is 0. The second kappa shape index (κ2) is 5.39. The number of aromatic amines is 1. The van der Waals surface area contributed by atoms with E-state index in [1.807, 2.05) is 32.9 Å². The van der Waals surface area contributed by atoms with E-state index >= 15 is 0 Å². The molecule has 0 atom stereocenters. The number of nitriles is 1. The molecule has 0 unspecified atom stereocenters. The third-order valence-corrected chi connectivity index (χ3v) is 1.93. The lowest BCUT2D eigenvalue weighted by atomic mass is 10.2. The lowest BCUT2D eigenvalue weighted by Gasteiger charge is -2.19. The highest BCUT2D eigenvalue weighted by Gasteiger charge is 2.15. The smallest absolute Gasteiger partial charge is 0.407 e. The van der Waals surface area contributed by atoms with Gasteiger partial charge in [0.25, 0.3) is 0 Å². The van der Waals surface area contributed by atoms with Gasteiger partial charge in [0, 0.05) is 18.7 Å². The van der Waals surface area contributed by atoms with Gasteiger partial charge in [0.05, 0.1) is 0 Å². The van der Waals surface area contributed by atoms with E-state index in [0.717, 1.165) is 5.69 Å². The number of H-pyrrole nitrogens is 1. The van der Waals surface area contributed by atoms with Crippen molar-refractivity contribution in [1.29, 1.82) is 5.26 Å². The van der Waals surface area contributed by atoms with E-state index in [0.29, 0.717) is 18.7 Å². The first-order chi connectivity index (χ1) is 7.90. The average molecular weight is 235 g/mol. The van der Waals surface area contributed by atoms with E-state index in [9.17, 15) is 4.79 Å². The summed E-state index contributed by atoms with van der Waals surface area (Å²) in [5.74, 6) is 0. The van der Waals surface area contributed by atoms with E-state index in [4.69, 9.17) is 10.00 Å². The summed E-state index contributed by atoms with van der Waals surface area (Å²) < 4.78 is 5.09. The molecule has 0 fully saturated rings. The molecule has 0 aliphatic heterocycles. The van der Waals surface area contributed by atoms with Gasteiger partial charge >= 0.3 is 6.09 Å². The maximum atomic E-state index is 11.3. The maximum absolute atomic E-state index is 11.3. The lowest BCUT2D eigenvalue weighted by Crippen LogP contribution is -2.33. The van der Waals surface area contributed by atoms with Crippen LogP contribution >= 0.6 is 0 Å². The number of carbonyl (C=O) groups excluding carboxylic acids is 1. The molecule has 5 heteroatoms. The van der Waals surface area contributed by atoms with Crippen molar-refractivity contribution in [3.05, 3.63) is 23.5 Å². The minimum Gasteiger partial charge on any atom is -0.444 e. The predicted molar refractivity (Wildman–Crippen MR) is 63.4 cm³/mol. The molecule has 0 aromatic carbocycles. The van der Waals surface area contributed by atoms with Crippen molar-refractivity contribution < 1.29 is 9.53 Å². The van der Waals surface area contributed by atoms with Gasteiger partial charge in [0.1, 0.15) is 17.4 Å². The standard InChI is InChI=1S/C12H17N3O2/c1-12(2,3)17-11(16)14-7-6-9-4-5-10(8-13)15-9/h4-5,15H,6-7H2,1-3H3,(H,14,16). The summed E-state index contributed by atoms with van der Waals surface area (Å²) in [6.45, 7) is 5.92. The van der Waals surface area contributed by atoms with Crippen molar-refractivity contribution >= 4 is 6.09 Å². The highest BCUT2D eigenvalue weighted by atomic mass is 16.6. The molecule has 92 valence electrons. The second-order valence-electron chi connectivity index (χ2n) is 4.69. The molecule has 0 radical (unpaired) electrons. The number of hydrogen-bond donors (Lipinski definition) is 2. The van der Waals surface area contributed by atoms with Crippen LogP contribution in [0.1, 0.15) is 32.2 Å². The molecule has 2 N–H and O–H groups in total. The largest absolute Gasteiger partial charge is 0.444 e. The molecule has 0 bridgehead atoms. The molecule has 1 aromatic rings. The van der Waals surface area contributed by atoms with Crippen LogP contribution in [0.15, 0.2) is 12.1 Å². The van der Waals surface area contributed by atoms with Crippen molar-refractivity contribution in [3.8, 4) is 6.07 Å². The first-order valence-electron chi connectivity index (χ1n) is 5.45. The minimum atomic E-state index is -0.482. The monoisotopic (exact) mass is 235 g/mol. The third-order valence-electron chi connectivity index (χ3n) is 1.93. The van der Waals surface area contributed by atoms with Crippen molar-refractivity contribution in [1.82, 2.24) is 10.3 Å². The van der Waals surface area contributed by atoms with Crippen molar-refractivity contribution in [3.63, 3.8) is 0 Å². The van der Waals surface area contributed by atoms with Crippen LogP contribution in [0, 0.1) is 11.3 Å². The summed E-state index contributed by atoms with van der Waals surface area (Å²) in [4.78, 5) is 14.2. The Bertz CT molecular complexity index is 424. The van der Waals surface area contributed by atoms with Crippen LogP contribution in [0.4, 0.5) is 4.79 Å². The zero-order valence-corrected chi connectivity index (χ0v) is 10.3. The van der Waals surface area contributed by atoms with Gasteiger partial charge in [-0.2, -0.15) is 5.26 Å². The highest BCUT2D eigenvalue weighted by molar-refractivity contribution is 5.67. The molecule has 1 rings (SSSR count). The Hall–Kier alpha value is -1.96. The minimum absolute atomic E-state index is 0.426. The van der Waals surface area contributed by atoms with Crippen molar-refractivity contribution in [2.45, 2.75) is 32.8 Å². The van der Waals surface area contributed by atoms with Crippen LogP contribution in [0.5, 0.6) is 0 Å². The van der Waals surface area contributed by atoms with Crippen LogP contribution in [0.2, 0.25) is 0 Å². The summed E-state index contributed by atoms with van der Waals surface area (Å²) in [5.41, 5.74) is 0.958. The number of nitrogens with one attached hydrogen (secondary N) is 2. The number of rotatable bonds is 3. The zero-order chi connectivity index (χ0) is 12.9. The quantitative estimate of drug-likeness (QED) is 0.840. The molecule has 1 aromatic heterocycles. The van der Waals surface area contributed by atoms with Gasteiger partial charge in [0.2, 0.25) is 0 Å². The zero-order valence-electron chi connectivity index (χ0n) is 10.3. The Morgan fingerprint density at radius 1 is 1.53 bits per heavy atom. The number of alkyl carbamates (subject to hydrolysis) is 1. The van der Waals surface area contributed by atoms with Crippen LogP contribution in [-0.4, -0.2) is 23.2 Å². The van der Waals surface area contributed by atoms with Gasteiger partial charge in [0.15, 0.2) is 0 Å². The number of hydrogen-bond acceptors (Lipinski definition) is 3. The summed E-state index contributed by atoms with van der Waals surface area (Å²) in [7, 11) is 0. The van der Waals surface area contributed by atoms with Crippen molar-refractivity contribution in [2.75, 3.05) is 6.54 Å². The fourth-order valence-electron chi connectivity index (χ4n) is 1.26. The molecular formula is C12H17N3O2. The van der Waals surface area contributed by atoms with Crippen LogP contribution in [0.25, 0.3) is 0 Å². The van der Waals surface area contributed by atoms with Crippen LogP contribution in [0.3, 0.4) is 0 Å². The molecule has 0 aliphatic carbocycles. The molecule has 0 aliphatic rings. The van der Waals surface area contributed by atoms with E-state index in [2.05, 4.69) is 10.3 Å². The van der Waals surface area contributed by atoms with E-state index in [1.54, 1.807) is 6.07 Å². The molecule has 0 saturated carbocycles. The fraction of sp³-hybridized carbons (Fsp3) is 0.500. The number of ether oxygens (including phenoxy) is 1. The predicted octanol–water partition coefficient (Wildman–Crippen LogP) is 1.95. The van der Waals surface area contributed by atoms with Crippen LogP contribution in [-0.2, 0) is 11.2 Å². The highest BCUT2D eigenvalue weighted by Crippen LogP contribution is 2.06. The number of nitrogens with zero attached hydrogens (tertiary/aromatic N) is 1. The fourth-order valence-corrected chi connectivity index (χ4v) is 1.26. The number of carbonyl (C=O) groups is 1. The Kier molecular flexibility index (Phi) is 4.16. The summed E-state index contributed by atoms with van der Waals surface area (Å²) in [6.07, 6.45) is 0.213. The van der Waals surface area contributed by atoms with E-state index < -0.39 is 11.7 Å². The van der Waals surface area contributed by atoms with E-state index in [1.165, 1.54) is 0 Å². The van der Waals surface area contributed by atoms with Crippen LogP contribution < -0.4 is 5.32 Å². The normalized spacial score (nSPS) is 10.7. The molecule has 0 saturated heterocycles. The molecule has 1 amide bonds. The van der Waals surface area contributed by atoms with E-state index in [-0.39, 0.29) is 0 Å². The first-order valence-corrected chi connectivity index (χ1v) is 5.45. The SMILES string of the molecule is CC(C)(C)OC(=O)NCCc1ccc(C#N)[nH]1. The second-order valence-corrected chi connectivity index (χ2v) is 4.69. The van der Waals surface area contributed by atoms with Gasteiger partial charge in [-0.1, -0.05) is 0 Å². The maximum Gasteiger partial charge on any atom is 0.407 e. The summed E-state index contributed by atoms with van der Waals surface area (Å²) in [5, 5.41) is 11.3. The Morgan fingerprint density at radius 2 is 2.24 bits per heavy atom. The molecule has 0 spiro atoms. The number of aromatic nitrogens is 1. The summed E-state index contributed by atoms with van der Waals surface area (Å²) in [6, 6.07) is 5.55. The Balaban J connectivity index is 2.29. The van der Waals surface area contributed by atoms with Gasteiger partial charge in [-0.25, -0.2) is 4.79 Å². The molecular weight excluding hydrogens is 218 g/mol. The molecule has 1 heterocycles. The lowest BCUT2D eigenvalue weighted by molar-refractivity contribution is 0.0528. The Labute approximate surface area is 101 Å². The third kappa shape index (κ3) is 5.07. The molecule has 5 nitrogen and oxygen atoms in total. The average Bonchev–Trinajstić information content (AvgIpc) is 2.63. The van der Waals surface area contributed by atoms with Gasteiger partial charge < -0.3 is 15.0 Å². The number of amides is 1. The van der Waals surface area contributed by atoms with Gasteiger partial charge in [-0.05, 0) is 32.9 Å². The first kappa shape index (κ1) is 13.1. The topological polar surface area (TPSA) is 77.9 Å². The van der Waals surface area contributed by atoms with Gasteiger partial charge in [-0.3, -0.25) is 0 Å².